The summed E-state index contributed by atoms with van der Waals surface area (Å²) in [6, 6.07) is 3.97. The van der Waals surface area contributed by atoms with Crippen LogP contribution < -0.4 is 14.8 Å². The molecular formula is C14H20N2O5S. The van der Waals surface area contributed by atoms with Gasteiger partial charge in [0.25, 0.3) is 0 Å². The van der Waals surface area contributed by atoms with Crippen LogP contribution in [0.2, 0.25) is 0 Å². The fourth-order valence-electron chi connectivity index (χ4n) is 2.37. The maximum atomic E-state index is 12.5. The van der Waals surface area contributed by atoms with Crippen LogP contribution in [0.5, 0.6) is 5.75 Å². The highest BCUT2D eigenvalue weighted by molar-refractivity contribution is 7.89. The normalized spacial score (nSPS) is 18.7. The first kappa shape index (κ1) is 16.7. The first-order valence-corrected chi connectivity index (χ1v) is 8.45. The smallest absolute Gasteiger partial charge is 0.337 e. The van der Waals surface area contributed by atoms with E-state index in [2.05, 4.69) is 14.8 Å². The van der Waals surface area contributed by atoms with E-state index in [0.717, 1.165) is 19.4 Å². The van der Waals surface area contributed by atoms with E-state index in [1.54, 1.807) is 0 Å². The highest BCUT2D eigenvalue weighted by Gasteiger charge is 2.25. The van der Waals surface area contributed by atoms with Crippen LogP contribution in [0, 0.1) is 0 Å². The molecule has 1 unspecified atom stereocenters. The number of hydrogen-bond acceptors (Lipinski definition) is 6. The SMILES string of the molecule is COC(=O)c1ccc(S(=O)(=O)NC2CCCNC2)c(OC)c1. The number of nitrogens with one attached hydrogen (secondary N) is 2. The van der Waals surface area contributed by atoms with Crippen molar-refractivity contribution in [2.45, 2.75) is 23.8 Å². The number of sulfonamides is 1. The van der Waals surface area contributed by atoms with Crippen molar-refractivity contribution in [3.63, 3.8) is 0 Å². The molecule has 2 rings (SSSR count). The van der Waals surface area contributed by atoms with Crippen LogP contribution in [0.4, 0.5) is 0 Å². The number of carbonyl (C=O) groups is 1. The van der Waals surface area contributed by atoms with Gasteiger partial charge in [-0.1, -0.05) is 0 Å². The van der Waals surface area contributed by atoms with Gasteiger partial charge in [0.1, 0.15) is 10.6 Å². The Balaban J connectivity index is 2.27. The minimum atomic E-state index is -3.72. The predicted molar refractivity (Wildman–Crippen MR) is 80.5 cm³/mol. The molecule has 1 heterocycles. The molecule has 122 valence electrons. The Morgan fingerprint density at radius 3 is 2.73 bits per heavy atom. The molecule has 7 nitrogen and oxygen atoms in total. The lowest BCUT2D eigenvalue weighted by Gasteiger charge is -2.24. The molecule has 0 amide bonds. The Bertz CT molecular complexity index is 639. The van der Waals surface area contributed by atoms with Crippen LogP contribution in [0.1, 0.15) is 23.2 Å². The number of rotatable bonds is 5. The third kappa shape index (κ3) is 3.76. The van der Waals surface area contributed by atoms with Gasteiger partial charge in [-0.05, 0) is 37.6 Å². The van der Waals surface area contributed by atoms with Crippen LogP contribution in [0.3, 0.4) is 0 Å². The van der Waals surface area contributed by atoms with Crippen molar-refractivity contribution in [1.82, 2.24) is 10.0 Å². The number of methoxy groups -OCH3 is 2. The lowest BCUT2D eigenvalue weighted by Crippen LogP contribution is -2.45. The Morgan fingerprint density at radius 1 is 1.36 bits per heavy atom. The molecule has 1 aromatic rings. The van der Waals surface area contributed by atoms with Crippen molar-refractivity contribution >= 4 is 16.0 Å². The number of carbonyl (C=O) groups excluding carboxylic acids is 1. The van der Waals surface area contributed by atoms with Gasteiger partial charge in [-0.25, -0.2) is 17.9 Å². The molecule has 22 heavy (non-hydrogen) atoms. The van der Waals surface area contributed by atoms with Crippen molar-refractivity contribution in [3.05, 3.63) is 23.8 Å². The average Bonchev–Trinajstić information content (AvgIpc) is 2.54. The second kappa shape index (κ2) is 7.08. The Hall–Kier alpha value is -1.64. The highest BCUT2D eigenvalue weighted by Crippen LogP contribution is 2.25. The summed E-state index contributed by atoms with van der Waals surface area (Å²) in [7, 11) is -1.10. The van der Waals surface area contributed by atoms with Crippen LogP contribution >= 0.6 is 0 Å². The van der Waals surface area contributed by atoms with Crippen molar-refractivity contribution in [3.8, 4) is 5.75 Å². The second-order valence-corrected chi connectivity index (χ2v) is 6.70. The van der Waals surface area contributed by atoms with Crippen LogP contribution in [0.15, 0.2) is 23.1 Å². The van der Waals surface area contributed by atoms with Gasteiger partial charge < -0.3 is 14.8 Å². The zero-order chi connectivity index (χ0) is 16.2. The molecule has 0 aromatic heterocycles. The van der Waals surface area contributed by atoms with Crippen molar-refractivity contribution in [1.29, 1.82) is 0 Å². The largest absolute Gasteiger partial charge is 0.495 e. The molecule has 0 radical (unpaired) electrons. The summed E-state index contributed by atoms with van der Waals surface area (Å²) in [5.41, 5.74) is 0.234. The van der Waals surface area contributed by atoms with E-state index in [9.17, 15) is 13.2 Å². The molecule has 0 saturated carbocycles. The molecule has 1 aliphatic heterocycles. The highest BCUT2D eigenvalue weighted by atomic mass is 32.2. The van der Waals surface area contributed by atoms with E-state index < -0.39 is 16.0 Å². The van der Waals surface area contributed by atoms with E-state index >= 15 is 0 Å². The quantitative estimate of drug-likeness (QED) is 0.765. The summed E-state index contributed by atoms with van der Waals surface area (Å²) in [6.07, 6.45) is 1.71. The zero-order valence-corrected chi connectivity index (χ0v) is 13.4. The minimum absolute atomic E-state index is 0.00762. The first-order chi connectivity index (χ1) is 10.5. The Morgan fingerprint density at radius 2 is 2.14 bits per heavy atom. The lowest BCUT2D eigenvalue weighted by molar-refractivity contribution is 0.0600. The molecule has 1 atom stereocenters. The first-order valence-electron chi connectivity index (χ1n) is 6.97. The summed E-state index contributed by atoms with van der Waals surface area (Å²) in [6.45, 7) is 1.50. The van der Waals surface area contributed by atoms with Crippen molar-refractivity contribution < 1.29 is 22.7 Å². The van der Waals surface area contributed by atoms with E-state index in [0.29, 0.717) is 6.54 Å². The molecule has 1 aliphatic rings. The van der Waals surface area contributed by atoms with Gasteiger partial charge in [-0.3, -0.25) is 0 Å². The molecule has 1 fully saturated rings. The predicted octanol–water partition coefficient (Wildman–Crippen LogP) is 0.512. The molecule has 1 saturated heterocycles. The fraction of sp³-hybridized carbons (Fsp3) is 0.500. The summed E-state index contributed by atoms with van der Waals surface area (Å²) >= 11 is 0. The van der Waals surface area contributed by atoms with Crippen molar-refractivity contribution in [2.24, 2.45) is 0 Å². The number of piperidine rings is 1. The van der Waals surface area contributed by atoms with Gasteiger partial charge in [0.2, 0.25) is 10.0 Å². The Kier molecular flexibility index (Phi) is 5.38. The van der Waals surface area contributed by atoms with Gasteiger partial charge in [0.15, 0.2) is 0 Å². The summed E-state index contributed by atoms with van der Waals surface area (Å²) in [5.74, 6) is -0.439. The lowest BCUT2D eigenvalue weighted by atomic mass is 10.1. The van der Waals surface area contributed by atoms with Gasteiger partial charge in [-0.15, -0.1) is 0 Å². The molecule has 0 bridgehead atoms. The summed E-state index contributed by atoms with van der Waals surface area (Å²) in [4.78, 5) is 11.5. The topological polar surface area (TPSA) is 93.7 Å². The maximum Gasteiger partial charge on any atom is 0.337 e. The number of esters is 1. The number of hydrogen-bond donors (Lipinski definition) is 2. The third-order valence-electron chi connectivity index (χ3n) is 3.49. The molecular weight excluding hydrogens is 308 g/mol. The molecule has 0 spiro atoms. The monoisotopic (exact) mass is 328 g/mol. The molecule has 8 heteroatoms. The summed E-state index contributed by atoms with van der Waals surface area (Å²) in [5, 5.41) is 3.15. The average molecular weight is 328 g/mol. The molecule has 1 aromatic carbocycles. The van der Waals surface area contributed by atoms with Gasteiger partial charge in [0.05, 0.1) is 19.8 Å². The molecule has 0 aliphatic carbocycles. The zero-order valence-electron chi connectivity index (χ0n) is 12.6. The van der Waals surface area contributed by atoms with Crippen LogP contribution in [-0.4, -0.2) is 47.7 Å². The Labute approximate surface area is 130 Å². The fourth-order valence-corrected chi connectivity index (χ4v) is 3.79. The summed E-state index contributed by atoms with van der Waals surface area (Å²) < 4.78 is 37.4. The standard InChI is InChI=1S/C14H20N2O5S/c1-20-12-8-10(14(17)21-2)5-6-13(12)22(18,19)16-11-4-3-7-15-9-11/h5-6,8,11,15-16H,3-4,7,9H2,1-2H3. The molecule has 2 N–H and O–H groups in total. The van der Waals surface area contributed by atoms with E-state index in [4.69, 9.17) is 4.74 Å². The van der Waals surface area contributed by atoms with Crippen LogP contribution in [0.25, 0.3) is 0 Å². The number of ether oxygens (including phenoxy) is 2. The van der Waals surface area contributed by atoms with Gasteiger partial charge in [0, 0.05) is 12.6 Å². The minimum Gasteiger partial charge on any atom is -0.495 e. The number of benzene rings is 1. The van der Waals surface area contributed by atoms with Gasteiger partial charge >= 0.3 is 5.97 Å². The van der Waals surface area contributed by atoms with Crippen molar-refractivity contribution in [2.75, 3.05) is 27.3 Å². The van der Waals surface area contributed by atoms with E-state index in [-0.39, 0.29) is 22.3 Å². The van der Waals surface area contributed by atoms with Gasteiger partial charge in [-0.2, -0.15) is 0 Å². The van der Waals surface area contributed by atoms with Crippen LogP contribution in [-0.2, 0) is 14.8 Å². The second-order valence-electron chi connectivity index (χ2n) is 5.02. The maximum absolute atomic E-state index is 12.5. The van der Waals surface area contributed by atoms with E-state index in [1.807, 2.05) is 0 Å². The van der Waals surface area contributed by atoms with E-state index in [1.165, 1.54) is 32.4 Å². The third-order valence-corrected chi connectivity index (χ3v) is 5.05.